The number of nitrogens with two attached hydrogens (primary N) is 1. The van der Waals surface area contributed by atoms with Gasteiger partial charge in [-0.2, -0.15) is 0 Å². The second kappa shape index (κ2) is 4.68. The van der Waals surface area contributed by atoms with Crippen LogP contribution in [0.3, 0.4) is 0 Å². The summed E-state index contributed by atoms with van der Waals surface area (Å²) in [6, 6.07) is 0. The summed E-state index contributed by atoms with van der Waals surface area (Å²) >= 11 is 0. The van der Waals surface area contributed by atoms with Crippen molar-refractivity contribution in [2.24, 2.45) is 0 Å². The molecule has 0 atom stereocenters. The number of fused-ring (bicyclic) bond motifs is 1. The minimum absolute atomic E-state index is 0.130. The molecule has 2 aromatic rings. The molecule has 1 aromatic carbocycles. The van der Waals surface area contributed by atoms with Crippen molar-refractivity contribution in [2.45, 2.75) is 31.2 Å². The van der Waals surface area contributed by atoms with E-state index in [1.807, 2.05) is 0 Å². The minimum Gasteiger partial charge on any atom is -0.477 e. The van der Waals surface area contributed by atoms with Crippen molar-refractivity contribution >= 4 is 28.2 Å². The molecule has 1 aliphatic heterocycles. The number of nitrogens with zero attached hydrogens (tertiary/aromatic N) is 1. The van der Waals surface area contributed by atoms with Crippen LogP contribution in [0.1, 0.15) is 36.0 Å². The average Bonchev–Trinajstić information content (AvgIpc) is 2.67. The molecule has 0 radical (unpaired) electrons. The van der Waals surface area contributed by atoms with Gasteiger partial charge in [-0.25, -0.2) is 13.6 Å². The molecule has 2 aliphatic rings. The standard InChI is InChI=1S/C16H15F2N3O3/c17-9-10(18)12-13-8(11(9)19)14(22)7(15(23)24)6-21(13)16(2-1-3-16)4-5-20-12/h6,20H,1-5,19H2,(H,23,24). The van der Waals surface area contributed by atoms with Crippen molar-refractivity contribution in [1.82, 2.24) is 4.57 Å². The van der Waals surface area contributed by atoms with Crippen molar-refractivity contribution in [3.05, 3.63) is 33.6 Å². The molecule has 0 saturated heterocycles. The van der Waals surface area contributed by atoms with Gasteiger partial charge >= 0.3 is 5.97 Å². The number of nitrogens with one attached hydrogen (secondary N) is 1. The second-order valence-corrected chi connectivity index (χ2v) is 6.44. The van der Waals surface area contributed by atoms with E-state index in [-0.39, 0.29) is 16.6 Å². The number of benzene rings is 1. The zero-order valence-electron chi connectivity index (χ0n) is 12.7. The van der Waals surface area contributed by atoms with Gasteiger partial charge in [-0.1, -0.05) is 0 Å². The van der Waals surface area contributed by atoms with E-state index >= 15 is 0 Å². The van der Waals surface area contributed by atoms with Gasteiger partial charge in [0.05, 0.1) is 22.3 Å². The number of carboxylic acid groups (broad SMARTS) is 1. The molecule has 2 heterocycles. The first-order valence-electron chi connectivity index (χ1n) is 7.71. The highest BCUT2D eigenvalue weighted by molar-refractivity contribution is 6.03. The number of carboxylic acids is 1. The fraction of sp³-hybridized carbons (Fsp3) is 0.375. The Bertz CT molecular complexity index is 964. The van der Waals surface area contributed by atoms with Crippen LogP contribution >= 0.6 is 0 Å². The highest BCUT2D eigenvalue weighted by Crippen LogP contribution is 2.47. The van der Waals surface area contributed by atoms with Crippen LogP contribution in [0.2, 0.25) is 0 Å². The maximum absolute atomic E-state index is 14.4. The van der Waals surface area contributed by atoms with Crippen molar-refractivity contribution in [1.29, 1.82) is 0 Å². The van der Waals surface area contributed by atoms with E-state index < -0.39 is 39.8 Å². The number of hydrogen-bond acceptors (Lipinski definition) is 4. The fourth-order valence-corrected chi connectivity index (χ4v) is 3.86. The molecule has 1 aliphatic carbocycles. The van der Waals surface area contributed by atoms with E-state index in [4.69, 9.17) is 5.73 Å². The van der Waals surface area contributed by atoms with Crippen LogP contribution in [0.15, 0.2) is 11.0 Å². The molecule has 1 aromatic heterocycles. The number of pyridine rings is 1. The van der Waals surface area contributed by atoms with E-state index in [1.165, 1.54) is 6.20 Å². The molecule has 1 fully saturated rings. The molecule has 4 N–H and O–H groups in total. The summed E-state index contributed by atoms with van der Waals surface area (Å²) in [5, 5.41) is 11.9. The SMILES string of the molecule is Nc1c(F)c(F)c2c3c1c(=O)c(C(=O)O)cn3C1(CCC1)CCN2. The molecule has 0 bridgehead atoms. The van der Waals surface area contributed by atoms with Gasteiger partial charge in [-0.3, -0.25) is 4.79 Å². The van der Waals surface area contributed by atoms with E-state index in [9.17, 15) is 23.5 Å². The molecule has 126 valence electrons. The van der Waals surface area contributed by atoms with Crippen molar-refractivity contribution in [3.8, 4) is 0 Å². The van der Waals surface area contributed by atoms with Crippen LogP contribution in [-0.4, -0.2) is 22.2 Å². The highest BCUT2D eigenvalue weighted by atomic mass is 19.2. The maximum Gasteiger partial charge on any atom is 0.341 e. The average molecular weight is 335 g/mol. The zero-order valence-corrected chi connectivity index (χ0v) is 12.7. The number of aromatic nitrogens is 1. The second-order valence-electron chi connectivity index (χ2n) is 6.44. The first-order chi connectivity index (χ1) is 11.4. The van der Waals surface area contributed by atoms with Crippen molar-refractivity contribution in [3.63, 3.8) is 0 Å². The van der Waals surface area contributed by atoms with E-state index in [0.29, 0.717) is 13.0 Å². The van der Waals surface area contributed by atoms with Crippen molar-refractivity contribution in [2.75, 3.05) is 17.6 Å². The molecule has 1 spiro atoms. The van der Waals surface area contributed by atoms with Crippen LogP contribution < -0.4 is 16.5 Å². The lowest BCUT2D eigenvalue weighted by Crippen LogP contribution is -2.42. The largest absolute Gasteiger partial charge is 0.477 e. The maximum atomic E-state index is 14.4. The molecule has 1 saturated carbocycles. The number of aromatic carboxylic acids is 1. The number of halogens is 2. The Morgan fingerprint density at radius 2 is 2.00 bits per heavy atom. The van der Waals surface area contributed by atoms with Gasteiger partial charge < -0.3 is 20.7 Å². The third kappa shape index (κ3) is 1.68. The Kier molecular flexibility index (Phi) is 2.91. The predicted octanol–water partition coefficient (Wildman–Crippen LogP) is 2.25. The molecule has 24 heavy (non-hydrogen) atoms. The summed E-state index contributed by atoms with van der Waals surface area (Å²) in [6.45, 7) is 0.396. The number of nitrogen functional groups attached to an aromatic ring is 1. The Hall–Kier alpha value is -2.64. The molecule has 8 heteroatoms. The molecule has 6 nitrogen and oxygen atoms in total. The fourth-order valence-electron chi connectivity index (χ4n) is 3.86. The van der Waals surface area contributed by atoms with Crippen LogP contribution in [0.5, 0.6) is 0 Å². The highest BCUT2D eigenvalue weighted by Gasteiger charge is 2.42. The number of carbonyl (C=O) groups is 1. The van der Waals surface area contributed by atoms with E-state index in [2.05, 4.69) is 5.32 Å². The van der Waals surface area contributed by atoms with Gasteiger partial charge in [0.2, 0.25) is 5.43 Å². The topological polar surface area (TPSA) is 97.3 Å². The third-order valence-corrected chi connectivity index (χ3v) is 5.28. The summed E-state index contributed by atoms with van der Waals surface area (Å²) in [5.74, 6) is -3.89. The Labute approximate surface area is 134 Å². The molecule has 0 unspecified atom stereocenters. The van der Waals surface area contributed by atoms with Crippen LogP contribution in [0.25, 0.3) is 10.9 Å². The predicted molar refractivity (Wildman–Crippen MR) is 84.4 cm³/mol. The third-order valence-electron chi connectivity index (χ3n) is 5.28. The lowest BCUT2D eigenvalue weighted by Gasteiger charge is -2.44. The molecular weight excluding hydrogens is 320 g/mol. The van der Waals surface area contributed by atoms with Gasteiger partial charge in [-0.05, 0) is 25.7 Å². The minimum atomic E-state index is -1.41. The zero-order chi connectivity index (χ0) is 17.2. The molecule has 4 rings (SSSR count). The smallest absolute Gasteiger partial charge is 0.341 e. The van der Waals surface area contributed by atoms with E-state index in [1.54, 1.807) is 4.57 Å². The quantitative estimate of drug-likeness (QED) is 0.695. The monoisotopic (exact) mass is 335 g/mol. The first kappa shape index (κ1) is 14.9. The molecular formula is C16H15F2N3O3. The van der Waals surface area contributed by atoms with Crippen LogP contribution in [0, 0.1) is 11.6 Å². The summed E-state index contributed by atoms with van der Waals surface area (Å²) < 4.78 is 30.2. The molecule has 0 amide bonds. The Morgan fingerprint density at radius 1 is 1.29 bits per heavy atom. The van der Waals surface area contributed by atoms with Crippen molar-refractivity contribution < 1.29 is 18.7 Å². The van der Waals surface area contributed by atoms with Gasteiger partial charge in [0.1, 0.15) is 5.56 Å². The summed E-state index contributed by atoms with van der Waals surface area (Å²) in [4.78, 5) is 24.0. The summed E-state index contributed by atoms with van der Waals surface area (Å²) in [6.07, 6.45) is 4.39. The normalized spacial score (nSPS) is 18.1. The first-order valence-corrected chi connectivity index (χ1v) is 7.71. The lowest BCUT2D eigenvalue weighted by molar-refractivity contribution is 0.0692. The Morgan fingerprint density at radius 3 is 2.58 bits per heavy atom. The van der Waals surface area contributed by atoms with Crippen LogP contribution in [0.4, 0.5) is 20.2 Å². The summed E-state index contributed by atoms with van der Waals surface area (Å²) in [7, 11) is 0. The van der Waals surface area contributed by atoms with Crippen LogP contribution in [-0.2, 0) is 5.54 Å². The number of hydrogen-bond donors (Lipinski definition) is 3. The number of rotatable bonds is 1. The van der Waals surface area contributed by atoms with Gasteiger partial charge in [0.15, 0.2) is 11.6 Å². The van der Waals surface area contributed by atoms with Gasteiger partial charge in [-0.15, -0.1) is 0 Å². The lowest BCUT2D eigenvalue weighted by atomic mass is 9.74. The summed E-state index contributed by atoms with van der Waals surface area (Å²) in [5.41, 5.74) is 3.25. The Balaban J connectivity index is 2.27. The van der Waals surface area contributed by atoms with Gasteiger partial charge in [0, 0.05) is 18.3 Å². The van der Waals surface area contributed by atoms with E-state index in [0.717, 1.165) is 19.3 Å². The number of anilines is 2. The van der Waals surface area contributed by atoms with Gasteiger partial charge in [0.25, 0.3) is 0 Å².